The number of carbonyl (C=O) groups is 2. The van der Waals surface area contributed by atoms with Crippen LogP contribution in [0.15, 0.2) is 48.8 Å². The number of nitrogens with zero attached hydrogens (tertiary/aromatic N) is 3. The van der Waals surface area contributed by atoms with E-state index in [0.717, 1.165) is 18.5 Å². The number of ether oxygens (including phenoxy) is 1. The fourth-order valence-electron chi connectivity index (χ4n) is 3.71. The number of hydrogen-bond acceptors (Lipinski definition) is 3. The van der Waals surface area contributed by atoms with E-state index in [0.29, 0.717) is 38.4 Å². The Morgan fingerprint density at radius 2 is 1.65 bits per heavy atom. The summed E-state index contributed by atoms with van der Waals surface area (Å²) < 4.78 is 7.32. The first kappa shape index (κ1) is 16.8. The van der Waals surface area contributed by atoms with Gasteiger partial charge in [-0.2, -0.15) is 0 Å². The van der Waals surface area contributed by atoms with Crippen LogP contribution in [0.25, 0.3) is 5.69 Å². The van der Waals surface area contributed by atoms with Crippen LogP contribution in [0.2, 0.25) is 0 Å². The van der Waals surface area contributed by atoms with E-state index in [4.69, 9.17) is 4.74 Å². The van der Waals surface area contributed by atoms with Gasteiger partial charge in [0.1, 0.15) is 6.04 Å². The minimum Gasteiger partial charge on any atom is -0.378 e. The Balaban J connectivity index is 1.48. The molecule has 2 amide bonds. The predicted molar refractivity (Wildman–Crippen MR) is 97.2 cm³/mol. The Morgan fingerprint density at radius 3 is 2.35 bits per heavy atom. The molecule has 2 aliphatic rings. The highest BCUT2D eigenvalue weighted by Gasteiger charge is 2.37. The maximum Gasteiger partial charge on any atom is 0.254 e. The molecule has 2 saturated heterocycles. The second-order valence-electron chi connectivity index (χ2n) is 6.73. The molecular formula is C20H23N3O3. The quantitative estimate of drug-likeness (QED) is 0.847. The summed E-state index contributed by atoms with van der Waals surface area (Å²) in [6.07, 6.45) is 5.54. The Bertz CT molecular complexity index is 764. The largest absolute Gasteiger partial charge is 0.378 e. The standard InChI is InChI=1S/C20H23N3O3/c24-19(16-5-7-17(8-6-16)21-9-1-2-10-21)23-11-3-4-18(23)20(25)22-12-14-26-15-13-22/h1-2,5-10,18H,3-4,11-15H2/t18-/m1/s1. The predicted octanol–water partition coefficient (Wildman–Crippen LogP) is 1.94. The topological polar surface area (TPSA) is 54.8 Å². The van der Waals surface area contributed by atoms with Crippen LogP contribution in [-0.2, 0) is 9.53 Å². The molecular weight excluding hydrogens is 330 g/mol. The molecule has 0 saturated carbocycles. The van der Waals surface area contributed by atoms with E-state index in [9.17, 15) is 9.59 Å². The summed E-state index contributed by atoms with van der Waals surface area (Å²) in [5.41, 5.74) is 1.64. The molecule has 2 aromatic rings. The van der Waals surface area contributed by atoms with E-state index < -0.39 is 0 Å². The lowest BCUT2D eigenvalue weighted by Crippen LogP contribution is -2.51. The molecule has 0 aliphatic carbocycles. The molecule has 6 nitrogen and oxygen atoms in total. The molecule has 1 aromatic carbocycles. The molecule has 0 radical (unpaired) electrons. The molecule has 26 heavy (non-hydrogen) atoms. The van der Waals surface area contributed by atoms with Crippen molar-refractivity contribution >= 4 is 11.8 Å². The fraction of sp³-hybridized carbons (Fsp3) is 0.400. The lowest BCUT2D eigenvalue weighted by Gasteiger charge is -2.32. The highest BCUT2D eigenvalue weighted by molar-refractivity contribution is 5.98. The number of likely N-dealkylation sites (tertiary alicyclic amines) is 1. The van der Waals surface area contributed by atoms with Crippen molar-refractivity contribution in [3.63, 3.8) is 0 Å². The number of morpholine rings is 1. The zero-order valence-electron chi connectivity index (χ0n) is 14.7. The van der Waals surface area contributed by atoms with Crippen molar-refractivity contribution in [3.05, 3.63) is 54.4 Å². The summed E-state index contributed by atoms with van der Waals surface area (Å²) in [5, 5.41) is 0. The Kier molecular flexibility index (Phi) is 4.75. The van der Waals surface area contributed by atoms with Crippen molar-refractivity contribution in [1.82, 2.24) is 14.4 Å². The van der Waals surface area contributed by atoms with Crippen molar-refractivity contribution in [2.24, 2.45) is 0 Å². The molecule has 0 unspecified atom stereocenters. The van der Waals surface area contributed by atoms with Crippen LogP contribution in [0.3, 0.4) is 0 Å². The van der Waals surface area contributed by atoms with Gasteiger partial charge < -0.3 is 19.1 Å². The maximum absolute atomic E-state index is 13.0. The van der Waals surface area contributed by atoms with Crippen molar-refractivity contribution in [2.75, 3.05) is 32.8 Å². The zero-order chi connectivity index (χ0) is 17.9. The zero-order valence-corrected chi connectivity index (χ0v) is 14.7. The number of benzene rings is 1. The first-order valence-corrected chi connectivity index (χ1v) is 9.15. The number of hydrogen-bond donors (Lipinski definition) is 0. The van der Waals surface area contributed by atoms with Crippen LogP contribution < -0.4 is 0 Å². The number of carbonyl (C=O) groups excluding carboxylic acids is 2. The van der Waals surface area contributed by atoms with Crippen LogP contribution >= 0.6 is 0 Å². The summed E-state index contributed by atoms with van der Waals surface area (Å²) in [7, 11) is 0. The van der Waals surface area contributed by atoms with Crippen LogP contribution in [0.4, 0.5) is 0 Å². The SMILES string of the molecule is O=C([C@H]1CCCN1C(=O)c1ccc(-n2cccc2)cc1)N1CCOCC1. The second-order valence-corrected chi connectivity index (χ2v) is 6.73. The lowest BCUT2D eigenvalue weighted by atomic mass is 10.1. The highest BCUT2D eigenvalue weighted by Crippen LogP contribution is 2.23. The van der Waals surface area contributed by atoms with Gasteiger partial charge in [-0.1, -0.05) is 0 Å². The number of amides is 2. The average Bonchev–Trinajstić information content (AvgIpc) is 3.40. The molecule has 136 valence electrons. The minimum absolute atomic E-state index is 0.0584. The van der Waals surface area contributed by atoms with Crippen LogP contribution in [-0.4, -0.2) is 65.1 Å². The summed E-state index contributed by atoms with van der Waals surface area (Å²) >= 11 is 0. The molecule has 3 heterocycles. The van der Waals surface area contributed by atoms with Crippen LogP contribution in [0.1, 0.15) is 23.2 Å². The van der Waals surface area contributed by atoms with Gasteiger partial charge in [0.05, 0.1) is 13.2 Å². The van der Waals surface area contributed by atoms with Crippen LogP contribution in [0, 0.1) is 0 Å². The van der Waals surface area contributed by atoms with E-state index in [2.05, 4.69) is 0 Å². The number of rotatable bonds is 3. The third-order valence-electron chi connectivity index (χ3n) is 5.14. The third kappa shape index (κ3) is 3.24. The Labute approximate surface area is 153 Å². The first-order valence-electron chi connectivity index (χ1n) is 9.15. The third-order valence-corrected chi connectivity index (χ3v) is 5.14. The molecule has 2 fully saturated rings. The molecule has 1 atom stereocenters. The molecule has 1 aromatic heterocycles. The van der Waals surface area contributed by atoms with Crippen molar-refractivity contribution in [1.29, 1.82) is 0 Å². The van der Waals surface area contributed by atoms with Gasteiger partial charge >= 0.3 is 0 Å². The molecule has 0 bridgehead atoms. The van der Waals surface area contributed by atoms with Gasteiger partial charge in [0.2, 0.25) is 5.91 Å². The van der Waals surface area contributed by atoms with E-state index in [1.54, 1.807) is 4.90 Å². The van der Waals surface area contributed by atoms with Crippen molar-refractivity contribution < 1.29 is 14.3 Å². The summed E-state index contributed by atoms with van der Waals surface area (Å²) in [5.74, 6) is -0.00345. The molecule has 6 heteroatoms. The Morgan fingerprint density at radius 1 is 0.962 bits per heavy atom. The maximum atomic E-state index is 13.0. The number of aromatic nitrogens is 1. The smallest absolute Gasteiger partial charge is 0.254 e. The molecule has 0 N–H and O–H groups in total. The van der Waals surface area contributed by atoms with Crippen molar-refractivity contribution in [2.45, 2.75) is 18.9 Å². The lowest BCUT2D eigenvalue weighted by molar-refractivity contribution is -0.139. The van der Waals surface area contributed by atoms with Gasteiger partial charge in [-0.3, -0.25) is 9.59 Å². The summed E-state index contributed by atoms with van der Waals surface area (Å²) in [6.45, 7) is 3.02. The highest BCUT2D eigenvalue weighted by atomic mass is 16.5. The Hall–Kier alpha value is -2.60. The van der Waals surface area contributed by atoms with Gasteiger partial charge in [0, 0.05) is 43.3 Å². The van der Waals surface area contributed by atoms with E-state index >= 15 is 0 Å². The molecule has 4 rings (SSSR count). The van der Waals surface area contributed by atoms with Crippen molar-refractivity contribution in [3.8, 4) is 5.69 Å². The monoisotopic (exact) mass is 353 g/mol. The van der Waals surface area contributed by atoms with E-state index in [1.165, 1.54) is 0 Å². The normalized spacial score (nSPS) is 20.4. The molecule has 0 spiro atoms. The molecule has 2 aliphatic heterocycles. The summed E-state index contributed by atoms with van der Waals surface area (Å²) in [6, 6.07) is 11.1. The van der Waals surface area contributed by atoms with E-state index in [1.807, 2.05) is 58.3 Å². The first-order chi connectivity index (χ1) is 12.7. The van der Waals surface area contributed by atoms with Crippen LogP contribution in [0.5, 0.6) is 0 Å². The fourth-order valence-corrected chi connectivity index (χ4v) is 3.71. The van der Waals surface area contributed by atoms with Gasteiger partial charge in [0.15, 0.2) is 0 Å². The average molecular weight is 353 g/mol. The second kappa shape index (κ2) is 7.33. The van der Waals surface area contributed by atoms with Gasteiger partial charge in [-0.15, -0.1) is 0 Å². The van der Waals surface area contributed by atoms with E-state index in [-0.39, 0.29) is 17.9 Å². The minimum atomic E-state index is -0.343. The van der Waals surface area contributed by atoms with Gasteiger partial charge in [-0.05, 0) is 49.2 Å². The van der Waals surface area contributed by atoms with Gasteiger partial charge in [0.25, 0.3) is 5.91 Å². The summed E-state index contributed by atoms with van der Waals surface area (Å²) in [4.78, 5) is 29.4. The van der Waals surface area contributed by atoms with Gasteiger partial charge in [-0.25, -0.2) is 0 Å².